The van der Waals surface area contributed by atoms with Crippen molar-refractivity contribution in [2.75, 3.05) is 0 Å². The second-order valence-electron chi connectivity index (χ2n) is 5.24. The molecule has 0 aliphatic heterocycles. The van der Waals surface area contributed by atoms with Crippen molar-refractivity contribution in [1.29, 1.82) is 0 Å². The van der Waals surface area contributed by atoms with Gasteiger partial charge in [0.25, 0.3) is 5.69 Å². The van der Waals surface area contributed by atoms with E-state index in [9.17, 15) is 24.8 Å². The van der Waals surface area contributed by atoms with Crippen LogP contribution in [0.4, 0.5) is 5.69 Å². The Hall–Kier alpha value is -3.49. The maximum atomic E-state index is 11.9. The van der Waals surface area contributed by atoms with Crippen molar-refractivity contribution in [2.24, 2.45) is 5.10 Å². The second-order valence-corrected chi connectivity index (χ2v) is 5.24. The van der Waals surface area contributed by atoms with Crippen molar-refractivity contribution < 1.29 is 19.2 Å². The SMILES string of the molecule is C/C(=N\NC(=O)Cc1ccc([N+](=O)[O-])cc1)c1c(O)cc(C)oc1=O. The van der Waals surface area contributed by atoms with Crippen molar-refractivity contribution in [3.8, 4) is 5.75 Å². The van der Waals surface area contributed by atoms with E-state index in [1.54, 1.807) is 0 Å². The fraction of sp³-hybridized carbons (Fsp3) is 0.188. The molecule has 0 saturated heterocycles. The summed E-state index contributed by atoms with van der Waals surface area (Å²) in [6.07, 6.45) is -0.0523. The molecule has 1 aromatic heterocycles. The summed E-state index contributed by atoms with van der Waals surface area (Å²) in [7, 11) is 0. The first-order valence-electron chi connectivity index (χ1n) is 7.18. The zero-order chi connectivity index (χ0) is 18.6. The number of rotatable bonds is 5. The monoisotopic (exact) mass is 345 g/mol. The Balaban J connectivity index is 2.07. The molecule has 0 spiro atoms. The Morgan fingerprint density at radius 1 is 1.36 bits per heavy atom. The molecular formula is C16H15N3O6. The summed E-state index contributed by atoms with van der Waals surface area (Å²) in [4.78, 5) is 33.7. The molecule has 0 fully saturated rings. The number of amides is 1. The molecule has 9 nitrogen and oxygen atoms in total. The van der Waals surface area contributed by atoms with Gasteiger partial charge in [0.15, 0.2) is 0 Å². The minimum Gasteiger partial charge on any atom is -0.507 e. The Labute approximate surface area is 141 Å². The van der Waals surface area contributed by atoms with E-state index in [-0.39, 0.29) is 34.9 Å². The van der Waals surface area contributed by atoms with E-state index in [1.807, 2.05) is 0 Å². The van der Waals surface area contributed by atoms with E-state index in [2.05, 4.69) is 10.5 Å². The van der Waals surface area contributed by atoms with Crippen LogP contribution < -0.4 is 11.1 Å². The van der Waals surface area contributed by atoms with Gasteiger partial charge in [0, 0.05) is 18.2 Å². The fourth-order valence-corrected chi connectivity index (χ4v) is 2.09. The average molecular weight is 345 g/mol. The molecule has 1 aromatic carbocycles. The Kier molecular flexibility index (Phi) is 5.28. The van der Waals surface area contributed by atoms with Gasteiger partial charge >= 0.3 is 5.63 Å². The first-order valence-corrected chi connectivity index (χ1v) is 7.18. The molecule has 1 amide bonds. The van der Waals surface area contributed by atoms with Gasteiger partial charge in [-0.05, 0) is 19.4 Å². The van der Waals surface area contributed by atoms with Crippen LogP contribution in [0.2, 0.25) is 0 Å². The molecular weight excluding hydrogens is 330 g/mol. The van der Waals surface area contributed by atoms with Gasteiger partial charge < -0.3 is 9.52 Å². The molecule has 0 atom stereocenters. The van der Waals surface area contributed by atoms with Crippen LogP contribution in [0.5, 0.6) is 5.75 Å². The number of non-ortho nitro benzene ring substituents is 1. The predicted octanol–water partition coefficient (Wildman–Crippen LogP) is 1.64. The summed E-state index contributed by atoms with van der Waals surface area (Å²) in [5.74, 6) is -0.523. The molecule has 2 N–H and O–H groups in total. The molecule has 0 aliphatic rings. The van der Waals surface area contributed by atoms with Crippen molar-refractivity contribution in [1.82, 2.24) is 5.43 Å². The zero-order valence-electron chi connectivity index (χ0n) is 13.5. The van der Waals surface area contributed by atoms with E-state index in [4.69, 9.17) is 4.42 Å². The highest BCUT2D eigenvalue weighted by molar-refractivity contribution is 6.01. The lowest BCUT2D eigenvalue weighted by molar-refractivity contribution is -0.384. The van der Waals surface area contributed by atoms with Crippen LogP contribution in [0.15, 0.2) is 44.6 Å². The maximum Gasteiger partial charge on any atom is 0.348 e. The van der Waals surface area contributed by atoms with Crippen LogP contribution >= 0.6 is 0 Å². The number of hydrogen-bond acceptors (Lipinski definition) is 7. The molecule has 0 radical (unpaired) electrons. The molecule has 0 unspecified atom stereocenters. The van der Waals surface area contributed by atoms with Crippen LogP contribution in [0.25, 0.3) is 0 Å². The number of carbonyl (C=O) groups excluding carboxylic acids is 1. The number of aryl methyl sites for hydroxylation is 1. The number of hydrazone groups is 1. The highest BCUT2D eigenvalue weighted by Gasteiger charge is 2.13. The summed E-state index contributed by atoms with van der Waals surface area (Å²) in [5, 5.41) is 24.2. The van der Waals surface area contributed by atoms with Crippen molar-refractivity contribution in [2.45, 2.75) is 20.3 Å². The normalized spacial score (nSPS) is 11.2. The zero-order valence-corrected chi connectivity index (χ0v) is 13.5. The van der Waals surface area contributed by atoms with Gasteiger partial charge in [-0.1, -0.05) is 12.1 Å². The van der Waals surface area contributed by atoms with Gasteiger partial charge in [0.2, 0.25) is 5.91 Å². The highest BCUT2D eigenvalue weighted by atomic mass is 16.6. The van der Waals surface area contributed by atoms with Gasteiger partial charge in [-0.15, -0.1) is 0 Å². The van der Waals surface area contributed by atoms with Crippen LogP contribution in [-0.2, 0) is 11.2 Å². The Morgan fingerprint density at radius 3 is 2.56 bits per heavy atom. The van der Waals surface area contributed by atoms with E-state index < -0.39 is 16.5 Å². The number of benzene rings is 1. The van der Waals surface area contributed by atoms with E-state index in [0.717, 1.165) is 0 Å². The van der Waals surface area contributed by atoms with Gasteiger partial charge in [-0.3, -0.25) is 14.9 Å². The molecule has 2 rings (SSSR count). The highest BCUT2D eigenvalue weighted by Crippen LogP contribution is 2.15. The fourth-order valence-electron chi connectivity index (χ4n) is 2.09. The predicted molar refractivity (Wildman–Crippen MR) is 88.5 cm³/mol. The minimum atomic E-state index is -0.761. The third-order valence-electron chi connectivity index (χ3n) is 3.28. The first kappa shape index (κ1) is 17.9. The third kappa shape index (κ3) is 4.50. The molecule has 9 heteroatoms. The number of nitro groups is 1. The van der Waals surface area contributed by atoms with Crippen LogP contribution in [0, 0.1) is 17.0 Å². The summed E-state index contributed by atoms with van der Waals surface area (Å²) in [6, 6.07) is 6.80. The first-order chi connectivity index (χ1) is 11.8. The number of aromatic hydroxyl groups is 1. The molecule has 25 heavy (non-hydrogen) atoms. The summed E-state index contributed by atoms with van der Waals surface area (Å²) < 4.78 is 4.88. The molecule has 1 heterocycles. The van der Waals surface area contributed by atoms with Crippen LogP contribution in [0.3, 0.4) is 0 Å². The van der Waals surface area contributed by atoms with Crippen molar-refractivity contribution in [3.05, 3.63) is 67.8 Å². The lowest BCUT2D eigenvalue weighted by Gasteiger charge is -2.04. The third-order valence-corrected chi connectivity index (χ3v) is 3.28. The summed E-state index contributed by atoms with van der Waals surface area (Å²) in [6.45, 7) is 2.96. The number of nitrogens with zero attached hydrogens (tertiary/aromatic N) is 2. The second kappa shape index (κ2) is 7.39. The smallest absolute Gasteiger partial charge is 0.348 e. The molecule has 0 aliphatic carbocycles. The minimum absolute atomic E-state index is 0.0523. The number of nitro benzene ring substituents is 1. The largest absolute Gasteiger partial charge is 0.507 e. The lowest BCUT2D eigenvalue weighted by atomic mass is 10.1. The van der Waals surface area contributed by atoms with Crippen LogP contribution in [0.1, 0.15) is 23.8 Å². The van der Waals surface area contributed by atoms with Gasteiger partial charge in [-0.25, -0.2) is 10.2 Å². The van der Waals surface area contributed by atoms with Gasteiger partial charge in [-0.2, -0.15) is 5.10 Å². The summed E-state index contributed by atoms with van der Waals surface area (Å²) >= 11 is 0. The van der Waals surface area contributed by atoms with Crippen molar-refractivity contribution >= 4 is 17.3 Å². The molecule has 0 bridgehead atoms. The topological polar surface area (TPSA) is 135 Å². The van der Waals surface area contributed by atoms with Gasteiger partial charge in [0.1, 0.15) is 17.1 Å². The quantitative estimate of drug-likeness (QED) is 0.480. The average Bonchev–Trinajstić information content (AvgIpc) is 2.52. The standard InChI is InChI=1S/C16H15N3O6/c1-9-7-13(20)15(16(22)25-9)10(2)17-18-14(21)8-11-3-5-12(6-4-11)19(23)24/h3-7,20H,8H2,1-2H3,(H,18,21)/b17-10+. The number of carbonyl (C=O) groups is 1. The molecule has 2 aromatic rings. The van der Waals surface area contributed by atoms with E-state index in [0.29, 0.717) is 5.56 Å². The molecule has 0 saturated carbocycles. The van der Waals surface area contributed by atoms with Crippen LogP contribution in [-0.4, -0.2) is 21.6 Å². The Bertz CT molecular complexity index is 899. The molecule has 130 valence electrons. The lowest BCUT2D eigenvalue weighted by Crippen LogP contribution is -2.23. The Morgan fingerprint density at radius 2 is 2.00 bits per heavy atom. The van der Waals surface area contributed by atoms with E-state index in [1.165, 1.54) is 44.2 Å². The maximum absolute atomic E-state index is 11.9. The van der Waals surface area contributed by atoms with E-state index >= 15 is 0 Å². The number of nitrogens with one attached hydrogen (secondary N) is 1. The number of hydrogen-bond donors (Lipinski definition) is 2. The van der Waals surface area contributed by atoms with Gasteiger partial charge in [0.05, 0.1) is 17.1 Å². The summed E-state index contributed by atoms with van der Waals surface area (Å²) in [5.41, 5.74) is 1.94. The van der Waals surface area contributed by atoms with Crippen molar-refractivity contribution in [3.63, 3.8) is 0 Å².